The van der Waals surface area contributed by atoms with Gasteiger partial charge < -0.3 is 10.5 Å². The van der Waals surface area contributed by atoms with E-state index in [9.17, 15) is 0 Å². The molecule has 0 bridgehead atoms. The summed E-state index contributed by atoms with van der Waals surface area (Å²) < 4.78 is 5.54. The van der Waals surface area contributed by atoms with E-state index in [1.165, 1.54) is 6.20 Å². The molecule has 2 rings (SSSR count). The molecule has 0 fully saturated rings. The maximum absolute atomic E-state index is 7.21. The van der Waals surface area contributed by atoms with Crippen molar-refractivity contribution >= 4 is 17.4 Å². The molecule has 17 heavy (non-hydrogen) atoms. The molecule has 0 spiro atoms. The van der Waals surface area contributed by atoms with Gasteiger partial charge in [-0.1, -0.05) is 11.6 Å². The molecule has 86 valence electrons. The molecular weight excluding hydrogens is 238 g/mol. The molecule has 0 radical (unpaired) electrons. The molecule has 3 N–H and O–H groups in total. The van der Waals surface area contributed by atoms with Gasteiger partial charge in [0, 0.05) is 5.02 Å². The summed E-state index contributed by atoms with van der Waals surface area (Å²) in [5.74, 6) is 1.19. The zero-order chi connectivity index (χ0) is 12.3. The van der Waals surface area contributed by atoms with Crippen LogP contribution in [0.1, 0.15) is 5.69 Å². The van der Waals surface area contributed by atoms with Crippen LogP contribution in [0.2, 0.25) is 5.02 Å². The number of nitrogen functional groups attached to an aromatic ring is 1. The van der Waals surface area contributed by atoms with Crippen LogP contribution in [-0.4, -0.2) is 10.8 Å². The first-order valence-corrected chi connectivity index (χ1v) is 5.27. The van der Waals surface area contributed by atoms with Gasteiger partial charge in [-0.3, -0.25) is 5.41 Å². The van der Waals surface area contributed by atoms with Crippen LogP contribution >= 0.6 is 11.6 Å². The molecule has 0 aliphatic heterocycles. The van der Waals surface area contributed by atoms with Crippen LogP contribution in [0.4, 0.5) is 0 Å². The molecule has 1 aromatic heterocycles. The van der Waals surface area contributed by atoms with Gasteiger partial charge >= 0.3 is 0 Å². The van der Waals surface area contributed by atoms with Crippen molar-refractivity contribution in [3.05, 3.63) is 53.3 Å². The van der Waals surface area contributed by atoms with E-state index in [1.807, 2.05) is 0 Å². The highest BCUT2D eigenvalue weighted by molar-refractivity contribution is 6.30. The summed E-state index contributed by atoms with van der Waals surface area (Å²) in [7, 11) is 0. The Morgan fingerprint density at radius 1 is 1.12 bits per heavy atom. The van der Waals surface area contributed by atoms with E-state index in [0.717, 1.165) is 0 Å². The number of hydrogen-bond acceptors (Lipinski definition) is 3. The number of benzene rings is 1. The van der Waals surface area contributed by atoms with Gasteiger partial charge in [0.25, 0.3) is 0 Å². The number of rotatable bonds is 3. The second-order valence-electron chi connectivity index (χ2n) is 3.35. The third-order valence-electron chi connectivity index (χ3n) is 2.06. The molecule has 2 aromatic rings. The number of pyridine rings is 1. The van der Waals surface area contributed by atoms with E-state index in [-0.39, 0.29) is 5.84 Å². The summed E-state index contributed by atoms with van der Waals surface area (Å²) in [6.07, 6.45) is 1.52. The third kappa shape index (κ3) is 2.95. The molecule has 0 saturated heterocycles. The lowest BCUT2D eigenvalue weighted by atomic mass is 10.3. The van der Waals surface area contributed by atoms with Crippen LogP contribution in [0.25, 0.3) is 0 Å². The fourth-order valence-electron chi connectivity index (χ4n) is 1.24. The van der Waals surface area contributed by atoms with Crippen LogP contribution in [0.15, 0.2) is 42.6 Å². The average molecular weight is 248 g/mol. The molecule has 1 aromatic carbocycles. The van der Waals surface area contributed by atoms with Crippen molar-refractivity contribution in [1.29, 1.82) is 5.41 Å². The Morgan fingerprint density at radius 2 is 1.76 bits per heavy atom. The van der Waals surface area contributed by atoms with E-state index >= 15 is 0 Å². The number of hydrogen-bond donors (Lipinski definition) is 2. The van der Waals surface area contributed by atoms with Crippen molar-refractivity contribution in [2.24, 2.45) is 5.73 Å². The zero-order valence-electron chi connectivity index (χ0n) is 8.85. The van der Waals surface area contributed by atoms with Gasteiger partial charge in [-0.25, -0.2) is 4.98 Å². The number of ether oxygens (including phenoxy) is 1. The number of nitrogens with zero attached hydrogens (tertiary/aromatic N) is 1. The minimum Gasteiger partial charge on any atom is -0.456 e. The fraction of sp³-hybridized carbons (Fsp3) is 0. The number of amidine groups is 1. The predicted molar refractivity (Wildman–Crippen MR) is 66.8 cm³/mol. The van der Waals surface area contributed by atoms with E-state index in [0.29, 0.717) is 22.2 Å². The molecular formula is C12H10ClN3O. The van der Waals surface area contributed by atoms with Crippen molar-refractivity contribution in [3.8, 4) is 11.5 Å². The molecule has 0 aliphatic rings. The average Bonchev–Trinajstić information content (AvgIpc) is 2.33. The van der Waals surface area contributed by atoms with Gasteiger partial charge in [0.05, 0.1) is 6.20 Å². The van der Waals surface area contributed by atoms with Gasteiger partial charge in [0.2, 0.25) is 0 Å². The Labute approximate surface area is 104 Å². The lowest BCUT2D eigenvalue weighted by Crippen LogP contribution is -2.12. The van der Waals surface area contributed by atoms with Gasteiger partial charge in [0.1, 0.15) is 23.0 Å². The second-order valence-corrected chi connectivity index (χ2v) is 3.79. The molecule has 0 amide bonds. The highest BCUT2D eigenvalue weighted by atomic mass is 35.5. The SMILES string of the molecule is N=C(N)c1ccc(Oc2ccc(Cl)cc2)cn1. The van der Waals surface area contributed by atoms with E-state index < -0.39 is 0 Å². The first-order valence-electron chi connectivity index (χ1n) is 4.89. The van der Waals surface area contributed by atoms with Gasteiger partial charge in [-0.2, -0.15) is 0 Å². The van der Waals surface area contributed by atoms with Crippen LogP contribution in [0.3, 0.4) is 0 Å². The van der Waals surface area contributed by atoms with E-state index in [1.54, 1.807) is 36.4 Å². The monoisotopic (exact) mass is 247 g/mol. The molecule has 4 nitrogen and oxygen atoms in total. The Balaban J connectivity index is 2.13. The number of nitrogens with one attached hydrogen (secondary N) is 1. The first-order chi connectivity index (χ1) is 8.15. The lowest BCUT2D eigenvalue weighted by molar-refractivity contribution is 0.480. The summed E-state index contributed by atoms with van der Waals surface area (Å²) in [4.78, 5) is 3.99. The fourth-order valence-corrected chi connectivity index (χ4v) is 1.36. The lowest BCUT2D eigenvalue weighted by Gasteiger charge is -2.05. The molecule has 5 heteroatoms. The zero-order valence-corrected chi connectivity index (χ0v) is 9.61. The van der Waals surface area contributed by atoms with Crippen molar-refractivity contribution in [3.63, 3.8) is 0 Å². The highest BCUT2D eigenvalue weighted by Crippen LogP contribution is 2.22. The summed E-state index contributed by atoms with van der Waals surface area (Å²) >= 11 is 5.76. The van der Waals surface area contributed by atoms with Gasteiger partial charge in [0.15, 0.2) is 0 Å². The number of halogens is 1. The van der Waals surface area contributed by atoms with Gasteiger partial charge in [-0.15, -0.1) is 0 Å². The predicted octanol–water partition coefficient (Wildman–Crippen LogP) is 2.81. The number of aromatic nitrogens is 1. The standard InChI is InChI=1S/C12H10ClN3O/c13-8-1-3-9(4-2-8)17-10-5-6-11(12(14)15)16-7-10/h1-7H,(H3,14,15). The summed E-state index contributed by atoms with van der Waals surface area (Å²) in [5, 5.41) is 7.87. The topological polar surface area (TPSA) is 72.0 Å². The van der Waals surface area contributed by atoms with Crippen LogP contribution < -0.4 is 10.5 Å². The minimum atomic E-state index is -0.0666. The smallest absolute Gasteiger partial charge is 0.145 e. The Bertz CT molecular complexity index is 522. The third-order valence-corrected chi connectivity index (χ3v) is 2.31. The summed E-state index contributed by atoms with van der Waals surface area (Å²) in [6.45, 7) is 0. The van der Waals surface area contributed by atoms with E-state index in [4.69, 9.17) is 27.5 Å². The minimum absolute atomic E-state index is 0.0666. The molecule has 1 heterocycles. The van der Waals surface area contributed by atoms with Crippen LogP contribution in [-0.2, 0) is 0 Å². The maximum Gasteiger partial charge on any atom is 0.145 e. The number of nitrogens with two attached hydrogens (primary N) is 1. The Hall–Kier alpha value is -2.07. The summed E-state index contributed by atoms with van der Waals surface area (Å²) in [5.41, 5.74) is 5.72. The maximum atomic E-state index is 7.21. The van der Waals surface area contributed by atoms with Gasteiger partial charge in [-0.05, 0) is 36.4 Å². The quantitative estimate of drug-likeness (QED) is 0.647. The van der Waals surface area contributed by atoms with Crippen molar-refractivity contribution < 1.29 is 4.74 Å². The van der Waals surface area contributed by atoms with Crippen molar-refractivity contribution in [2.45, 2.75) is 0 Å². The Kier molecular flexibility index (Phi) is 3.25. The summed E-state index contributed by atoms with van der Waals surface area (Å²) in [6, 6.07) is 10.4. The van der Waals surface area contributed by atoms with Crippen molar-refractivity contribution in [2.75, 3.05) is 0 Å². The van der Waals surface area contributed by atoms with Crippen LogP contribution in [0.5, 0.6) is 11.5 Å². The molecule has 0 unspecified atom stereocenters. The highest BCUT2D eigenvalue weighted by Gasteiger charge is 2.00. The molecule has 0 aliphatic carbocycles. The second kappa shape index (κ2) is 4.84. The molecule has 0 saturated carbocycles. The van der Waals surface area contributed by atoms with Crippen molar-refractivity contribution in [1.82, 2.24) is 4.98 Å². The van der Waals surface area contributed by atoms with E-state index in [2.05, 4.69) is 4.98 Å². The first kappa shape index (κ1) is 11.4. The largest absolute Gasteiger partial charge is 0.456 e. The Morgan fingerprint density at radius 3 is 2.29 bits per heavy atom. The normalized spacial score (nSPS) is 9.94. The van der Waals surface area contributed by atoms with Crippen LogP contribution in [0, 0.1) is 5.41 Å². The molecule has 0 atom stereocenters.